The molecule has 1 unspecified atom stereocenters. The van der Waals surface area contributed by atoms with Crippen LogP contribution in [0.25, 0.3) is 0 Å². The number of nitrogens with one attached hydrogen (secondary N) is 1. The molecular weight excluding hydrogens is 375 g/mol. The van der Waals surface area contributed by atoms with Crippen LogP contribution >= 0.6 is 11.6 Å². The summed E-state index contributed by atoms with van der Waals surface area (Å²) in [5, 5.41) is 4.06. The molecule has 0 bridgehead atoms. The summed E-state index contributed by atoms with van der Waals surface area (Å²) in [5.41, 5.74) is 2.37. The van der Waals surface area contributed by atoms with Gasteiger partial charge in [0.2, 0.25) is 0 Å². The fourth-order valence-corrected chi connectivity index (χ4v) is 5.30. The van der Waals surface area contributed by atoms with Crippen molar-refractivity contribution in [1.82, 2.24) is 5.32 Å². The predicted molar refractivity (Wildman–Crippen MR) is 110 cm³/mol. The van der Waals surface area contributed by atoms with E-state index in [9.17, 15) is 9.18 Å². The van der Waals surface area contributed by atoms with Gasteiger partial charge >= 0.3 is 0 Å². The van der Waals surface area contributed by atoms with Crippen molar-refractivity contribution in [2.45, 2.75) is 43.6 Å². The molecule has 1 N–H and O–H groups in total. The van der Waals surface area contributed by atoms with Crippen molar-refractivity contribution in [3.8, 4) is 0 Å². The molecule has 3 aliphatic rings. The van der Waals surface area contributed by atoms with Gasteiger partial charge in [-0.25, -0.2) is 4.39 Å². The van der Waals surface area contributed by atoms with Crippen LogP contribution in [0.5, 0.6) is 0 Å². The molecule has 1 atom stereocenters. The van der Waals surface area contributed by atoms with Gasteiger partial charge in [-0.15, -0.1) is 0 Å². The number of hydrogen-bond acceptors (Lipinski definition) is 2. The fourth-order valence-electron chi connectivity index (χ4n) is 5.17. The van der Waals surface area contributed by atoms with Crippen molar-refractivity contribution in [2.24, 2.45) is 5.92 Å². The molecule has 2 heterocycles. The smallest absolute Gasteiger partial charge is 0.258 e. The molecule has 28 heavy (non-hydrogen) atoms. The summed E-state index contributed by atoms with van der Waals surface area (Å²) in [6.45, 7) is 1.81. The molecule has 1 aliphatic carbocycles. The van der Waals surface area contributed by atoms with Gasteiger partial charge in [0.25, 0.3) is 5.91 Å². The quantitative estimate of drug-likeness (QED) is 0.795. The molecule has 2 fully saturated rings. The topological polar surface area (TPSA) is 32.3 Å². The number of anilines is 1. The van der Waals surface area contributed by atoms with Crippen LogP contribution in [0, 0.1) is 11.7 Å². The van der Waals surface area contributed by atoms with E-state index in [1.807, 2.05) is 4.90 Å². The zero-order valence-corrected chi connectivity index (χ0v) is 16.5. The molecule has 2 aliphatic heterocycles. The molecule has 5 heteroatoms. The lowest BCUT2D eigenvalue weighted by atomic mass is 9.68. The molecule has 3 nitrogen and oxygen atoms in total. The van der Waals surface area contributed by atoms with E-state index < -0.39 is 0 Å². The zero-order chi connectivity index (χ0) is 19.3. The average molecular weight is 399 g/mol. The van der Waals surface area contributed by atoms with E-state index in [0.717, 1.165) is 43.6 Å². The maximum absolute atomic E-state index is 14.3. The third kappa shape index (κ3) is 2.94. The Morgan fingerprint density at radius 2 is 1.86 bits per heavy atom. The predicted octanol–water partition coefficient (Wildman–Crippen LogP) is 4.93. The van der Waals surface area contributed by atoms with E-state index in [4.69, 9.17) is 11.6 Å². The number of carbonyl (C=O) groups is 1. The highest BCUT2D eigenvalue weighted by Gasteiger charge is 2.54. The number of hydrogen-bond donors (Lipinski definition) is 1. The van der Waals surface area contributed by atoms with Crippen LogP contribution in [0.2, 0.25) is 5.02 Å². The Labute approximate surface area is 169 Å². The molecule has 0 aromatic heterocycles. The zero-order valence-electron chi connectivity index (χ0n) is 15.8. The molecule has 2 aromatic carbocycles. The number of fused-ring (bicyclic) bond motifs is 2. The maximum atomic E-state index is 14.3. The number of halogens is 2. The van der Waals surface area contributed by atoms with Crippen LogP contribution < -0.4 is 10.2 Å². The minimum Gasteiger partial charge on any atom is -0.317 e. The summed E-state index contributed by atoms with van der Waals surface area (Å²) in [5.74, 6) is 0.449. The molecule has 2 aromatic rings. The third-order valence-electron chi connectivity index (χ3n) is 6.76. The standard InChI is InChI=1S/C23H24ClFN2O/c24-17-5-3-16(4-6-17)22(28)27-20-8-7-18(25)14-19(20)23(9-11-26-12-10-23)21(27)13-15-1-2-15/h3-8,14-15,21,26H,1-2,9-13H2. The van der Waals surface area contributed by atoms with Gasteiger partial charge in [0.05, 0.1) is 0 Å². The third-order valence-corrected chi connectivity index (χ3v) is 7.02. The molecule has 1 spiro atoms. The summed E-state index contributed by atoms with van der Waals surface area (Å²) in [4.78, 5) is 15.6. The number of benzene rings is 2. The van der Waals surface area contributed by atoms with E-state index in [1.54, 1.807) is 36.4 Å². The van der Waals surface area contributed by atoms with Gasteiger partial charge in [0.1, 0.15) is 5.82 Å². The summed E-state index contributed by atoms with van der Waals surface area (Å²) in [6, 6.07) is 12.1. The Morgan fingerprint density at radius 3 is 2.54 bits per heavy atom. The van der Waals surface area contributed by atoms with E-state index in [2.05, 4.69) is 5.32 Å². The summed E-state index contributed by atoms with van der Waals surface area (Å²) >= 11 is 6.02. The van der Waals surface area contributed by atoms with Gasteiger partial charge in [0.15, 0.2) is 0 Å². The van der Waals surface area contributed by atoms with Crippen LogP contribution in [-0.2, 0) is 5.41 Å². The first-order valence-electron chi connectivity index (χ1n) is 10.2. The van der Waals surface area contributed by atoms with Crippen molar-refractivity contribution < 1.29 is 9.18 Å². The largest absolute Gasteiger partial charge is 0.317 e. The van der Waals surface area contributed by atoms with Crippen molar-refractivity contribution in [3.63, 3.8) is 0 Å². The Kier molecular flexibility index (Phi) is 4.44. The van der Waals surface area contributed by atoms with Crippen LogP contribution in [0.15, 0.2) is 42.5 Å². The Balaban J connectivity index is 1.63. The van der Waals surface area contributed by atoms with Crippen LogP contribution in [-0.4, -0.2) is 25.0 Å². The minimum absolute atomic E-state index is 0.00872. The number of amides is 1. The van der Waals surface area contributed by atoms with Gasteiger partial charge in [-0.05, 0) is 86.3 Å². The Hall–Kier alpha value is -1.91. The first kappa shape index (κ1) is 18.1. The number of nitrogens with zero attached hydrogens (tertiary/aromatic N) is 1. The molecule has 1 amide bonds. The lowest BCUT2D eigenvalue weighted by Gasteiger charge is -2.42. The normalized spacial score (nSPS) is 23.1. The summed E-state index contributed by atoms with van der Waals surface area (Å²) in [6.07, 6.45) is 5.34. The first-order chi connectivity index (χ1) is 13.6. The molecule has 5 rings (SSSR count). The SMILES string of the molecule is O=C(c1ccc(Cl)cc1)N1c2ccc(F)cc2C2(CCNCC2)C1CC1CC1. The highest BCUT2D eigenvalue weighted by atomic mass is 35.5. The van der Waals surface area contributed by atoms with E-state index in [0.29, 0.717) is 16.5 Å². The van der Waals surface area contributed by atoms with E-state index in [-0.39, 0.29) is 23.2 Å². The van der Waals surface area contributed by atoms with Crippen molar-refractivity contribution in [2.75, 3.05) is 18.0 Å². The average Bonchev–Trinajstić information content (AvgIpc) is 3.49. The maximum Gasteiger partial charge on any atom is 0.258 e. The van der Waals surface area contributed by atoms with E-state index in [1.165, 1.54) is 18.9 Å². The lowest BCUT2D eigenvalue weighted by Crippen LogP contribution is -2.52. The lowest BCUT2D eigenvalue weighted by molar-refractivity contribution is 0.0960. The first-order valence-corrected chi connectivity index (χ1v) is 10.6. The molecular formula is C23H24ClFN2O. The van der Waals surface area contributed by atoms with Crippen molar-refractivity contribution in [3.05, 3.63) is 64.4 Å². The monoisotopic (exact) mass is 398 g/mol. The minimum atomic E-state index is -0.220. The highest BCUT2D eigenvalue weighted by Crippen LogP contribution is 2.54. The molecule has 1 saturated heterocycles. The highest BCUT2D eigenvalue weighted by molar-refractivity contribution is 6.30. The number of rotatable bonds is 3. The fraction of sp³-hybridized carbons (Fsp3) is 0.435. The van der Waals surface area contributed by atoms with Crippen LogP contribution in [0.4, 0.5) is 10.1 Å². The second-order valence-electron chi connectivity index (χ2n) is 8.44. The van der Waals surface area contributed by atoms with Gasteiger partial charge in [-0.2, -0.15) is 0 Å². The molecule has 146 valence electrons. The van der Waals surface area contributed by atoms with Gasteiger partial charge in [0, 0.05) is 27.7 Å². The van der Waals surface area contributed by atoms with Gasteiger partial charge in [-0.3, -0.25) is 4.79 Å². The second-order valence-corrected chi connectivity index (χ2v) is 8.88. The van der Waals surface area contributed by atoms with Gasteiger partial charge in [-0.1, -0.05) is 24.4 Å². The Bertz CT molecular complexity index is 903. The van der Waals surface area contributed by atoms with E-state index >= 15 is 0 Å². The summed E-state index contributed by atoms with van der Waals surface area (Å²) < 4.78 is 14.3. The second kappa shape index (κ2) is 6.85. The number of piperidine rings is 1. The summed E-state index contributed by atoms with van der Waals surface area (Å²) in [7, 11) is 0. The molecule has 1 saturated carbocycles. The van der Waals surface area contributed by atoms with Crippen molar-refractivity contribution >= 4 is 23.2 Å². The Morgan fingerprint density at radius 1 is 1.14 bits per heavy atom. The van der Waals surface area contributed by atoms with Crippen LogP contribution in [0.3, 0.4) is 0 Å². The van der Waals surface area contributed by atoms with Crippen LogP contribution in [0.1, 0.15) is 48.0 Å². The van der Waals surface area contributed by atoms with Crippen molar-refractivity contribution in [1.29, 1.82) is 0 Å². The van der Waals surface area contributed by atoms with Gasteiger partial charge < -0.3 is 10.2 Å². The molecule has 0 radical (unpaired) electrons. The number of carbonyl (C=O) groups excluding carboxylic acids is 1.